The number of ether oxygens (including phenoxy) is 2. The van der Waals surface area contributed by atoms with Crippen molar-refractivity contribution in [1.29, 1.82) is 0 Å². The Balaban J connectivity index is 0.673. The highest BCUT2D eigenvalue weighted by Crippen LogP contribution is 2.37. The van der Waals surface area contributed by atoms with Crippen LogP contribution in [-0.2, 0) is 34.3 Å². The van der Waals surface area contributed by atoms with Crippen LogP contribution in [0.3, 0.4) is 0 Å². The quantitative estimate of drug-likeness (QED) is 0.0602. The zero-order chi connectivity index (χ0) is 53.4. The topological polar surface area (TPSA) is 167 Å². The Kier molecular flexibility index (Phi) is 14.8. The van der Waals surface area contributed by atoms with Gasteiger partial charge in [0.1, 0.15) is 17.2 Å². The number of imide groups is 1. The fraction of sp³-hybridized carbons (Fsp3) is 0.417. The van der Waals surface area contributed by atoms with Gasteiger partial charge >= 0.3 is 5.97 Å². The molecule has 1 unspecified atom stereocenters. The molecule has 77 heavy (non-hydrogen) atoms. The summed E-state index contributed by atoms with van der Waals surface area (Å²) in [5.41, 5.74) is 8.37. The van der Waals surface area contributed by atoms with E-state index in [1.165, 1.54) is 29.9 Å². The zero-order valence-electron chi connectivity index (χ0n) is 44.8. The SMILES string of the molecule is Cc1c(OCCCN2CCC(CN3CCN(c4ccc5c(C6CCC(=O)NC6=O)nn(C)c5c4)CC3)CC2)cccc1-c1ccc(N2CCc3cccc(C(=O)Nc4nc5ccccc5s4)c3C2)nc1C(=O)OC(C)(C)C. The van der Waals surface area contributed by atoms with Crippen LogP contribution in [-0.4, -0.2) is 124 Å². The number of anilines is 3. The molecule has 3 amide bonds. The molecule has 11 rings (SSSR count). The van der Waals surface area contributed by atoms with Crippen molar-refractivity contribution in [2.75, 3.05) is 80.6 Å². The van der Waals surface area contributed by atoms with Crippen molar-refractivity contribution in [1.82, 2.24) is 34.9 Å². The minimum Gasteiger partial charge on any atom is -0.493 e. The Hall–Kier alpha value is -7.21. The molecule has 0 radical (unpaired) electrons. The predicted octanol–water partition coefficient (Wildman–Crippen LogP) is 9.15. The molecule has 4 aliphatic heterocycles. The van der Waals surface area contributed by atoms with Gasteiger partial charge in [-0.15, -0.1) is 0 Å². The summed E-state index contributed by atoms with van der Waals surface area (Å²) in [6, 6.07) is 30.1. The Morgan fingerprint density at radius 1 is 0.818 bits per heavy atom. The second-order valence-electron chi connectivity index (χ2n) is 22.0. The number of carbonyl (C=O) groups is 4. The minimum absolute atomic E-state index is 0.207. The number of piperidine rings is 2. The maximum absolute atomic E-state index is 14.1. The van der Waals surface area contributed by atoms with Crippen molar-refractivity contribution in [3.63, 3.8) is 0 Å². The van der Waals surface area contributed by atoms with Crippen LogP contribution in [0.25, 0.3) is 32.2 Å². The predicted molar refractivity (Wildman–Crippen MR) is 302 cm³/mol. The van der Waals surface area contributed by atoms with Crippen LogP contribution in [0, 0.1) is 12.8 Å². The third-order valence-electron chi connectivity index (χ3n) is 15.7. The number of benzene rings is 4. The monoisotopic (exact) mass is 1060 g/mol. The van der Waals surface area contributed by atoms with Gasteiger partial charge in [0.2, 0.25) is 11.8 Å². The second kappa shape index (κ2) is 22.0. The summed E-state index contributed by atoms with van der Waals surface area (Å²) in [6.07, 6.45) is 4.83. The molecule has 4 aliphatic rings. The van der Waals surface area contributed by atoms with Gasteiger partial charge in [-0.05, 0) is 156 Å². The number of fused-ring (bicyclic) bond motifs is 3. The standard InChI is InChI=1S/C60H68N10O6S/c1-38-42(43-19-21-52(62-55(43)58(74)76-60(2,3)4)70-29-25-40-11-8-13-44(47(40)37-70)56(72)64-59-61-48-14-6-7-16-51(48)77-59)12-9-15-50(38)75-34-10-26-67-27-23-39(24-28-67)36-68-30-32-69(33-31-68)41-17-18-45-49(35-41)66(5)65-54(45)46-20-22-53(71)63-57(46)73/h6-9,11-19,21,35,39,46H,10,20,22-34,36-37H2,1-5H3,(H,61,64,72)(H,63,71,73). The lowest BCUT2D eigenvalue weighted by molar-refractivity contribution is -0.134. The van der Waals surface area contributed by atoms with E-state index in [1.54, 1.807) is 0 Å². The van der Waals surface area contributed by atoms with Crippen molar-refractivity contribution in [2.24, 2.45) is 13.0 Å². The molecule has 7 aromatic rings. The number of hydrogen-bond donors (Lipinski definition) is 2. The van der Waals surface area contributed by atoms with Gasteiger partial charge in [0.15, 0.2) is 10.8 Å². The number of aromatic nitrogens is 4. The summed E-state index contributed by atoms with van der Waals surface area (Å²) in [7, 11) is 1.92. The Labute approximate surface area is 453 Å². The molecule has 17 heteroatoms. The maximum Gasteiger partial charge on any atom is 0.358 e. The number of rotatable bonds is 14. The highest BCUT2D eigenvalue weighted by Gasteiger charge is 2.33. The molecular weight excluding hydrogens is 989 g/mol. The summed E-state index contributed by atoms with van der Waals surface area (Å²) in [6.45, 7) is 17.6. The first kappa shape index (κ1) is 51.9. The summed E-state index contributed by atoms with van der Waals surface area (Å²) >= 11 is 1.45. The first-order chi connectivity index (χ1) is 37.2. The number of para-hydroxylation sites is 1. The van der Waals surface area contributed by atoms with Gasteiger partial charge in [0.05, 0.1) is 34.0 Å². The van der Waals surface area contributed by atoms with Crippen LogP contribution in [0.15, 0.2) is 91.0 Å². The average molecular weight is 1060 g/mol. The van der Waals surface area contributed by atoms with Gasteiger partial charge in [-0.1, -0.05) is 47.7 Å². The molecule has 16 nitrogen and oxygen atoms in total. The van der Waals surface area contributed by atoms with E-state index in [9.17, 15) is 19.2 Å². The molecule has 0 bridgehead atoms. The molecule has 0 spiro atoms. The number of nitrogens with one attached hydrogen (secondary N) is 2. The fourth-order valence-electron chi connectivity index (χ4n) is 11.6. The second-order valence-corrected chi connectivity index (χ2v) is 23.1. The number of likely N-dealkylation sites (tertiary alicyclic amines) is 1. The van der Waals surface area contributed by atoms with Gasteiger partial charge in [-0.3, -0.25) is 34.6 Å². The summed E-state index contributed by atoms with van der Waals surface area (Å²) in [5, 5.41) is 11.8. The number of hydrogen-bond acceptors (Lipinski definition) is 14. The number of piperazine rings is 1. The highest BCUT2D eigenvalue weighted by atomic mass is 32.1. The van der Waals surface area contributed by atoms with Gasteiger partial charge in [-0.2, -0.15) is 5.10 Å². The lowest BCUT2D eigenvalue weighted by Gasteiger charge is -2.39. The molecule has 3 saturated heterocycles. The smallest absolute Gasteiger partial charge is 0.358 e. The van der Waals surface area contributed by atoms with Crippen molar-refractivity contribution in [2.45, 2.75) is 84.3 Å². The van der Waals surface area contributed by atoms with Crippen LogP contribution >= 0.6 is 11.3 Å². The molecule has 1 atom stereocenters. The Morgan fingerprint density at radius 3 is 2.42 bits per heavy atom. The minimum atomic E-state index is -0.733. The van der Waals surface area contributed by atoms with E-state index in [-0.39, 0.29) is 23.4 Å². The maximum atomic E-state index is 14.1. The van der Waals surface area contributed by atoms with Crippen molar-refractivity contribution in [3.05, 3.63) is 125 Å². The summed E-state index contributed by atoms with van der Waals surface area (Å²) < 4.78 is 15.3. The van der Waals surface area contributed by atoms with Gasteiger partial charge in [0.25, 0.3) is 5.91 Å². The molecule has 4 aromatic carbocycles. The third-order valence-corrected chi connectivity index (χ3v) is 16.6. The van der Waals surface area contributed by atoms with E-state index in [2.05, 4.69) is 59.5 Å². The first-order valence-corrected chi connectivity index (χ1v) is 28.0. The normalized spacial score (nSPS) is 17.9. The van der Waals surface area contributed by atoms with Crippen LogP contribution in [0.2, 0.25) is 0 Å². The molecule has 2 N–H and O–H groups in total. The number of amides is 3. The molecule has 0 aliphatic carbocycles. The van der Waals surface area contributed by atoms with Crippen LogP contribution in [0.1, 0.15) is 102 Å². The number of pyridine rings is 1. The summed E-state index contributed by atoms with van der Waals surface area (Å²) in [5.74, 6) is 0.514. The van der Waals surface area contributed by atoms with E-state index in [0.717, 1.165) is 114 Å². The summed E-state index contributed by atoms with van der Waals surface area (Å²) in [4.78, 5) is 71.7. The number of nitrogens with zero attached hydrogens (tertiary/aromatic N) is 8. The van der Waals surface area contributed by atoms with E-state index in [0.29, 0.717) is 67.0 Å². The molecule has 400 valence electrons. The van der Waals surface area contributed by atoms with Crippen LogP contribution < -0.4 is 25.2 Å². The zero-order valence-corrected chi connectivity index (χ0v) is 45.6. The van der Waals surface area contributed by atoms with Gasteiger partial charge in [0, 0.05) is 88.0 Å². The Morgan fingerprint density at radius 2 is 1.62 bits per heavy atom. The van der Waals surface area contributed by atoms with Crippen molar-refractivity contribution in [3.8, 4) is 16.9 Å². The first-order valence-electron chi connectivity index (χ1n) is 27.2. The number of esters is 1. The molecule has 3 aromatic heterocycles. The largest absolute Gasteiger partial charge is 0.493 e. The number of aryl methyl sites for hydroxylation is 1. The van der Waals surface area contributed by atoms with E-state index >= 15 is 0 Å². The third kappa shape index (κ3) is 11.4. The molecule has 7 heterocycles. The highest BCUT2D eigenvalue weighted by molar-refractivity contribution is 7.22. The lowest BCUT2D eigenvalue weighted by atomic mass is 9.93. The van der Waals surface area contributed by atoms with Crippen molar-refractivity contribution < 1.29 is 28.7 Å². The lowest BCUT2D eigenvalue weighted by Crippen LogP contribution is -2.49. The molecule has 3 fully saturated rings. The Bertz CT molecular complexity index is 3330. The van der Waals surface area contributed by atoms with E-state index in [1.807, 2.05) is 106 Å². The number of carbonyl (C=O) groups excluding carboxylic acids is 4. The van der Waals surface area contributed by atoms with Gasteiger partial charge in [-0.25, -0.2) is 14.8 Å². The molecule has 0 saturated carbocycles. The van der Waals surface area contributed by atoms with Crippen LogP contribution in [0.5, 0.6) is 5.75 Å². The number of thiazole rings is 1. The van der Waals surface area contributed by atoms with E-state index in [4.69, 9.17) is 19.6 Å². The van der Waals surface area contributed by atoms with E-state index < -0.39 is 17.5 Å². The fourth-order valence-corrected chi connectivity index (χ4v) is 12.4. The average Bonchev–Trinajstić information content (AvgIpc) is 4.02. The molecular formula is C60H68N10O6S. The van der Waals surface area contributed by atoms with Gasteiger partial charge < -0.3 is 24.2 Å². The van der Waals surface area contributed by atoms with Crippen molar-refractivity contribution >= 4 is 72.8 Å². The van der Waals surface area contributed by atoms with Crippen LogP contribution in [0.4, 0.5) is 16.6 Å².